The number of aryl methyl sites for hydroxylation is 1. The summed E-state index contributed by atoms with van der Waals surface area (Å²) in [6.07, 6.45) is 2.86. The molecule has 4 rings (SSSR count). The molecule has 0 saturated carbocycles. The Morgan fingerprint density at radius 3 is 2.61 bits per heavy atom. The maximum absolute atomic E-state index is 13.2. The predicted octanol–water partition coefficient (Wildman–Crippen LogP) is 4.43. The van der Waals surface area contributed by atoms with E-state index >= 15 is 0 Å². The SMILES string of the molecule is CCc1oc2ccccc2c1CN(C)C(=O)C1CCCN(C(=O)Cc2ccccc2)C1. The van der Waals surface area contributed by atoms with E-state index in [9.17, 15) is 9.59 Å². The first-order valence-electron chi connectivity index (χ1n) is 11.1. The largest absolute Gasteiger partial charge is 0.461 e. The van der Waals surface area contributed by atoms with Crippen LogP contribution in [-0.4, -0.2) is 41.8 Å². The number of hydrogen-bond donors (Lipinski definition) is 0. The van der Waals surface area contributed by atoms with Crippen molar-refractivity contribution in [1.82, 2.24) is 9.80 Å². The summed E-state index contributed by atoms with van der Waals surface area (Å²) in [7, 11) is 1.86. The Hall–Kier alpha value is -3.08. The lowest BCUT2D eigenvalue weighted by Crippen LogP contribution is -2.46. The average Bonchev–Trinajstić information content (AvgIpc) is 3.16. The van der Waals surface area contributed by atoms with Crippen molar-refractivity contribution in [3.8, 4) is 0 Å². The van der Waals surface area contributed by atoms with Gasteiger partial charge in [0.15, 0.2) is 0 Å². The number of piperidine rings is 1. The molecule has 1 aromatic heterocycles. The molecule has 5 nitrogen and oxygen atoms in total. The second-order valence-electron chi connectivity index (χ2n) is 8.39. The molecule has 5 heteroatoms. The summed E-state index contributed by atoms with van der Waals surface area (Å²) >= 11 is 0. The summed E-state index contributed by atoms with van der Waals surface area (Å²) in [4.78, 5) is 29.7. The molecule has 0 N–H and O–H groups in total. The van der Waals surface area contributed by atoms with E-state index in [1.54, 1.807) is 4.90 Å². The van der Waals surface area contributed by atoms with Gasteiger partial charge in [-0.25, -0.2) is 0 Å². The maximum Gasteiger partial charge on any atom is 0.227 e. The minimum absolute atomic E-state index is 0.0976. The number of para-hydroxylation sites is 1. The van der Waals surface area contributed by atoms with Crippen LogP contribution in [0, 0.1) is 5.92 Å². The van der Waals surface area contributed by atoms with Crippen molar-refractivity contribution >= 4 is 22.8 Å². The van der Waals surface area contributed by atoms with Crippen molar-refractivity contribution < 1.29 is 14.0 Å². The number of hydrogen-bond acceptors (Lipinski definition) is 3. The number of benzene rings is 2. The van der Waals surface area contributed by atoms with Gasteiger partial charge in [0, 0.05) is 44.1 Å². The fraction of sp³-hybridized carbons (Fsp3) is 0.385. The molecule has 2 aromatic carbocycles. The van der Waals surface area contributed by atoms with Gasteiger partial charge in [0.25, 0.3) is 0 Å². The Bertz CT molecular complexity index is 1060. The van der Waals surface area contributed by atoms with Gasteiger partial charge in [-0.2, -0.15) is 0 Å². The molecule has 1 unspecified atom stereocenters. The second kappa shape index (κ2) is 9.38. The minimum atomic E-state index is -0.151. The number of carbonyl (C=O) groups excluding carboxylic acids is 2. The molecule has 0 aliphatic carbocycles. The Labute approximate surface area is 183 Å². The number of rotatable bonds is 6. The standard InChI is InChI=1S/C26H30N2O3/c1-3-23-22(21-13-7-8-14-24(21)31-23)18-27(2)26(30)20-12-9-15-28(17-20)25(29)16-19-10-5-4-6-11-19/h4-8,10-11,13-14,20H,3,9,12,15-18H2,1-2H3. The van der Waals surface area contributed by atoms with E-state index in [2.05, 4.69) is 13.0 Å². The van der Waals surface area contributed by atoms with E-state index in [0.29, 0.717) is 19.5 Å². The molecule has 1 atom stereocenters. The fourth-order valence-electron chi connectivity index (χ4n) is 4.52. The lowest BCUT2D eigenvalue weighted by molar-refractivity contribution is -0.140. The van der Waals surface area contributed by atoms with Crippen molar-refractivity contribution in [1.29, 1.82) is 0 Å². The Morgan fingerprint density at radius 1 is 1.10 bits per heavy atom. The van der Waals surface area contributed by atoms with Crippen LogP contribution in [0.1, 0.15) is 36.7 Å². The molecule has 1 aliphatic heterocycles. The van der Waals surface area contributed by atoms with Gasteiger partial charge in [0.1, 0.15) is 11.3 Å². The maximum atomic E-state index is 13.2. The van der Waals surface area contributed by atoms with E-state index < -0.39 is 0 Å². The van der Waals surface area contributed by atoms with Crippen molar-refractivity contribution in [2.24, 2.45) is 5.92 Å². The van der Waals surface area contributed by atoms with E-state index in [4.69, 9.17) is 4.42 Å². The molecule has 0 bridgehead atoms. The van der Waals surface area contributed by atoms with E-state index in [-0.39, 0.29) is 17.7 Å². The molecule has 162 valence electrons. The van der Waals surface area contributed by atoms with Crippen LogP contribution >= 0.6 is 0 Å². The highest BCUT2D eigenvalue weighted by molar-refractivity contribution is 5.85. The van der Waals surface area contributed by atoms with Crippen LogP contribution in [0.2, 0.25) is 0 Å². The molecule has 0 radical (unpaired) electrons. The molecule has 1 saturated heterocycles. The van der Waals surface area contributed by atoms with Crippen LogP contribution in [0.15, 0.2) is 59.0 Å². The molecular formula is C26H30N2O3. The van der Waals surface area contributed by atoms with Gasteiger partial charge in [-0.05, 0) is 24.5 Å². The average molecular weight is 419 g/mol. The summed E-state index contributed by atoms with van der Waals surface area (Å²) in [6, 6.07) is 17.8. The van der Waals surface area contributed by atoms with Crippen molar-refractivity contribution in [2.75, 3.05) is 20.1 Å². The monoisotopic (exact) mass is 418 g/mol. The number of likely N-dealkylation sites (tertiary alicyclic amines) is 1. The quantitative estimate of drug-likeness (QED) is 0.595. The molecular weight excluding hydrogens is 388 g/mol. The normalized spacial score (nSPS) is 16.5. The lowest BCUT2D eigenvalue weighted by Gasteiger charge is -2.34. The van der Waals surface area contributed by atoms with Gasteiger partial charge in [-0.15, -0.1) is 0 Å². The molecule has 2 amide bonds. The summed E-state index contributed by atoms with van der Waals surface area (Å²) < 4.78 is 5.99. The summed E-state index contributed by atoms with van der Waals surface area (Å²) in [5, 5.41) is 1.07. The van der Waals surface area contributed by atoms with Gasteiger partial charge in [-0.3, -0.25) is 9.59 Å². The molecule has 0 spiro atoms. The molecule has 2 heterocycles. The third-order valence-corrected chi connectivity index (χ3v) is 6.20. The van der Waals surface area contributed by atoms with Crippen LogP contribution in [0.5, 0.6) is 0 Å². The minimum Gasteiger partial charge on any atom is -0.461 e. The van der Waals surface area contributed by atoms with E-state index in [1.807, 2.05) is 60.5 Å². The number of amides is 2. The van der Waals surface area contributed by atoms with Gasteiger partial charge >= 0.3 is 0 Å². The zero-order valence-electron chi connectivity index (χ0n) is 18.3. The van der Waals surface area contributed by atoms with Crippen LogP contribution < -0.4 is 0 Å². The molecule has 31 heavy (non-hydrogen) atoms. The molecule has 3 aromatic rings. The van der Waals surface area contributed by atoms with Gasteiger partial charge < -0.3 is 14.2 Å². The topological polar surface area (TPSA) is 53.8 Å². The van der Waals surface area contributed by atoms with Crippen molar-refractivity contribution in [3.63, 3.8) is 0 Å². The van der Waals surface area contributed by atoms with E-state index in [0.717, 1.165) is 53.7 Å². The zero-order valence-corrected chi connectivity index (χ0v) is 18.3. The third-order valence-electron chi connectivity index (χ3n) is 6.20. The first-order chi connectivity index (χ1) is 15.1. The number of furan rings is 1. The lowest BCUT2D eigenvalue weighted by atomic mass is 9.95. The smallest absolute Gasteiger partial charge is 0.227 e. The van der Waals surface area contributed by atoms with Crippen molar-refractivity contribution in [3.05, 3.63) is 71.5 Å². The van der Waals surface area contributed by atoms with Gasteiger partial charge in [-0.1, -0.05) is 55.5 Å². The fourth-order valence-corrected chi connectivity index (χ4v) is 4.52. The molecule has 1 fully saturated rings. The second-order valence-corrected chi connectivity index (χ2v) is 8.39. The van der Waals surface area contributed by atoms with Crippen LogP contribution in [0.4, 0.5) is 0 Å². The first kappa shape index (κ1) is 21.2. The summed E-state index contributed by atoms with van der Waals surface area (Å²) in [6.45, 7) is 3.82. The van der Waals surface area contributed by atoms with Gasteiger partial charge in [0.2, 0.25) is 11.8 Å². The highest BCUT2D eigenvalue weighted by Crippen LogP contribution is 2.28. The van der Waals surface area contributed by atoms with Crippen LogP contribution in [0.3, 0.4) is 0 Å². The Morgan fingerprint density at radius 2 is 1.84 bits per heavy atom. The first-order valence-corrected chi connectivity index (χ1v) is 11.1. The number of nitrogens with zero attached hydrogens (tertiary/aromatic N) is 2. The number of carbonyl (C=O) groups is 2. The van der Waals surface area contributed by atoms with Crippen LogP contribution in [-0.2, 0) is 29.0 Å². The summed E-state index contributed by atoms with van der Waals surface area (Å²) in [5.74, 6) is 0.982. The number of fused-ring (bicyclic) bond motifs is 1. The van der Waals surface area contributed by atoms with Crippen LogP contribution in [0.25, 0.3) is 11.0 Å². The Balaban J connectivity index is 1.42. The summed E-state index contributed by atoms with van der Waals surface area (Å²) in [5.41, 5.74) is 2.96. The van der Waals surface area contributed by atoms with Crippen molar-refractivity contribution in [2.45, 2.75) is 39.2 Å². The highest BCUT2D eigenvalue weighted by atomic mass is 16.3. The van der Waals surface area contributed by atoms with Gasteiger partial charge in [0.05, 0.1) is 12.3 Å². The van der Waals surface area contributed by atoms with E-state index in [1.165, 1.54) is 0 Å². The highest BCUT2D eigenvalue weighted by Gasteiger charge is 2.30. The zero-order chi connectivity index (χ0) is 21.8. The third kappa shape index (κ3) is 4.66. The predicted molar refractivity (Wildman–Crippen MR) is 122 cm³/mol. The Kier molecular flexibility index (Phi) is 6.40. The molecule has 1 aliphatic rings.